The number of rotatable bonds is 2. The molecule has 2 aromatic rings. The van der Waals surface area contributed by atoms with Crippen molar-refractivity contribution in [3.8, 4) is 0 Å². The van der Waals surface area contributed by atoms with Gasteiger partial charge >= 0.3 is 0 Å². The first kappa shape index (κ1) is 13.0. The van der Waals surface area contributed by atoms with Crippen molar-refractivity contribution in [2.75, 3.05) is 16.1 Å². The highest BCUT2D eigenvalue weighted by Crippen LogP contribution is 2.35. The smallest absolute Gasteiger partial charge is 0.262 e. The Labute approximate surface area is 123 Å². The van der Waals surface area contributed by atoms with E-state index in [0.29, 0.717) is 11.4 Å². The van der Waals surface area contributed by atoms with Crippen LogP contribution in [0.3, 0.4) is 0 Å². The van der Waals surface area contributed by atoms with Gasteiger partial charge in [-0.2, -0.15) is 0 Å². The molecule has 0 bridgehead atoms. The number of fused-ring (bicyclic) bond motifs is 1. The highest BCUT2D eigenvalue weighted by molar-refractivity contribution is 6.21. The minimum Gasteiger partial charge on any atom is -0.361 e. The maximum absolute atomic E-state index is 12.8. The third-order valence-corrected chi connectivity index (χ3v) is 4.05. The van der Waals surface area contributed by atoms with E-state index in [9.17, 15) is 4.79 Å². The summed E-state index contributed by atoms with van der Waals surface area (Å²) in [6.07, 6.45) is 0. The van der Waals surface area contributed by atoms with Crippen molar-refractivity contribution < 1.29 is 4.79 Å². The Morgan fingerprint density at radius 1 is 1.10 bits per heavy atom. The van der Waals surface area contributed by atoms with E-state index in [1.807, 2.05) is 61.5 Å². The number of alkyl halides is 1. The van der Waals surface area contributed by atoms with Crippen LogP contribution in [0.25, 0.3) is 0 Å². The maximum atomic E-state index is 12.8. The van der Waals surface area contributed by atoms with Crippen molar-refractivity contribution in [2.45, 2.75) is 12.6 Å². The quantitative estimate of drug-likeness (QED) is 0.854. The lowest BCUT2D eigenvalue weighted by Gasteiger charge is -2.45. The number of carbonyl (C=O) groups excluding carboxylic acids is 1. The molecule has 0 aliphatic carbocycles. The van der Waals surface area contributed by atoms with Gasteiger partial charge in [0.2, 0.25) is 0 Å². The molecule has 20 heavy (non-hydrogen) atoms. The van der Waals surface area contributed by atoms with E-state index in [2.05, 4.69) is 5.32 Å². The first-order valence-corrected chi connectivity index (χ1v) is 7.02. The summed E-state index contributed by atoms with van der Waals surface area (Å²) in [6.45, 7) is 1.93. The molecule has 0 aromatic heterocycles. The zero-order valence-corrected chi connectivity index (χ0v) is 11.9. The lowest BCUT2D eigenvalue weighted by atomic mass is 10.0. The monoisotopic (exact) mass is 286 g/mol. The largest absolute Gasteiger partial charge is 0.361 e. The molecule has 0 fully saturated rings. The molecule has 0 radical (unpaired) electrons. The van der Waals surface area contributed by atoms with Crippen LogP contribution in [0.15, 0.2) is 54.6 Å². The average molecular weight is 287 g/mol. The number of hydrogen-bond acceptors (Lipinski definition) is 2. The Morgan fingerprint density at radius 2 is 1.75 bits per heavy atom. The van der Waals surface area contributed by atoms with Gasteiger partial charge in [0.05, 0.1) is 11.4 Å². The van der Waals surface area contributed by atoms with E-state index in [1.54, 1.807) is 4.90 Å². The topological polar surface area (TPSA) is 32.3 Å². The van der Waals surface area contributed by atoms with Crippen molar-refractivity contribution >= 4 is 28.9 Å². The normalized spacial score (nSPS) is 21.3. The third kappa shape index (κ3) is 1.95. The predicted molar refractivity (Wildman–Crippen MR) is 82.4 cm³/mol. The number of nitrogens with zero attached hydrogens (tertiary/aromatic N) is 1. The van der Waals surface area contributed by atoms with Crippen LogP contribution < -0.4 is 10.2 Å². The molecule has 0 unspecified atom stereocenters. The maximum Gasteiger partial charge on any atom is 0.262 e. The lowest BCUT2D eigenvalue weighted by molar-refractivity contribution is 0.0962. The standard InChI is InChI=1S/C16H15ClN2O/c1-16(11-17)18-14-10-6-5-9-13(14)15(20)19(16)12-7-3-2-4-8-12/h2-10,18H,11H2,1H3/t16-/m1/s1. The van der Waals surface area contributed by atoms with Crippen LogP contribution in [-0.4, -0.2) is 17.5 Å². The molecule has 0 saturated heterocycles. The van der Waals surface area contributed by atoms with Gasteiger partial charge in [0.15, 0.2) is 0 Å². The molecule has 1 heterocycles. The zero-order valence-electron chi connectivity index (χ0n) is 11.1. The number of nitrogens with one attached hydrogen (secondary N) is 1. The summed E-state index contributed by atoms with van der Waals surface area (Å²) >= 11 is 6.14. The Hall–Kier alpha value is -2.00. The summed E-state index contributed by atoms with van der Waals surface area (Å²) in [5, 5.41) is 3.38. The van der Waals surface area contributed by atoms with Gasteiger partial charge in [-0.05, 0) is 31.2 Å². The minimum atomic E-state index is -0.644. The van der Waals surface area contributed by atoms with Crippen LogP contribution in [-0.2, 0) is 0 Å². The number of para-hydroxylation sites is 2. The summed E-state index contributed by atoms with van der Waals surface area (Å²) in [4.78, 5) is 14.5. The van der Waals surface area contributed by atoms with Gasteiger partial charge in [-0.25, -0.2) is 0 Å². The van der Waals surface area contributed by atoms with E-state index in [-0.39, 0.29) is 5.91 Å². The van der Waals surface area contributed by atoms with Crippen molar-refractivity contribution in [3.05, 3.63) is 60.2 Å². The molecular formula is C16H15ClN2O. The number of carbonyl (C=O) groups is 1. The number of hydrogen-bond donors (Lipinski definition) is 1. The fourth-order valence-electron chi connectivity index (χ4n) is 2.54. The van der Waals surface area contributed by atoms with Crippen LogP contribution in [0.2, 0.25) is 0 Å². The van der Waals surface area contributed by atoms with Gasteiger partial charge in [0.25, 0.3) is 5.91 Å². The summed E-state index contributed by atoms with van der Waals surface area (Å²) in [5.41, 5.74) is 1.68. The van der Waals surface area contributed by atoms with Gasteiger partial charge in [-0.3, -0.25) is 9.69 Å². The minimum absolute atomic E-state index is 0.0336. The molecule has 2 aromatic carbocycles. The summed E-state index contributed by atoms with van der Waals surface area (Å²) in [6, 6.07) is 17.1. The zero-order chi connectivity index (χ0) is 14.2. The van der Waals surface area contributed by atoms with Crippen molar-refractivity contribution in [2.24, 2.45) is 0 Å². The second kappa shape index (κ2) is 4.84. The van der Waals surface area contributed by atoms with Gasteiger partial charge < -0.3 is 5.32 Å². The number of benzene rings is 2. The Bertz CT molecular complexity index is 644. The summed E-state index contributed by atoms with van der Waals surface area (Å²) < 4.78 is 0. The van der Waals surface area contributed by atoms with Gasteiger partial charge in [-0.1, -0.05) is 30.3 Å². The molecule has 3 nitrogen and oxygen atoms in total. The Kier molecular flexibility index (Phi) is 3.14. The molecule has 3 rings (SSSR count). The van der Waals surface area contributed by atoms with Crippen LogP contribution in [0, 0.1) is 0 Å². The van der Waals surface area contributed by atoms with E-state index in [0.717, 1.165) is 11.4 Å². The van der Waals surface area contributed by atoms with E-state index in [4.69, 9.17) is 11.6 Å². The predicted octanol–water partition coefficient (Wildman–Crippen LogP) is 3.71. The van der Waals surface area contributed by atoms with Crippen molar-refractivity contribution in [1.82, 2.24) is 0 Å². The molecule has 0 spiro atoms. The Morgan fingerprint density at radius 3 is 2.45 bits per heavy atom. The molecule has 1 aliphatic rings. The first-order chi connectivity index (χ1) is 9.65. The SMILES string of the molecule is C[C@@]1(CCl)Nc2ccccc2C(=O)N1c1ccccc1. The molecule has 1 aliphatic heterocycles. The van der Waals surface area contributed by atoms with Gasteiger partial charge in [0, 0.05) is 11.4 Å². The molecule has 102 valence electrons. The number of amides is 1. The fourth-order valence-corrected chi connectivity index (χ4v) is 2.73. The second-order valence-corrected chi connectivity index (χ2v) is 5.32. The summed E-state index contributed by atoms with van der Waals surface area (Å²) in [5.74, 6) is 0.260. The van der Waals surface area contributed by atoms with Crippen LogP contribution >= 0.6 is 11.6 Å². The average Bonchev–Trinajstić information content (AvgIpc) is 2.48. The van der Waals surface area contributed by atoms with Crippen molar-refractivity contribution in [1.29, 1.82) is 0 Å². The highest BCUT2D eigenvalue weighted by Gasteiger charge is 2.41. The molecule has 1 N–H and O–H groups in total. The van der Waals surface area contributed by atoms with E-state index >= 15 is 0 Å². The van der Waals surface area contributed by atoms with Crippen LogP contribution in [0.1, 0.15) is 17.3 Å². The Balaban J connectivity index is 2.15. The number of halogens is 1. The molecule has 4 heteroatoms. The fraction of sp³-hybridized carbons (Fsp3) is 0.188. The van der Waals surface area contributed by atoms with E-state index < -0.39 is 5.66 Å². The van der Waals surface area contributed by atoms with Crippen molar-refractivity contribution in [3.63, 3.8) is 0 Å². The van der Waals surface area contributed by atoms with Crippen LogP contribution in [0.4, 0.5) is 11.4 Å². The first-order valence-electron chi connectivity index (χ1n) is 6.48. The third-order valence-electron chi connectivity index (χ3n) is 3.53. The molecular weight excluding hydrogens is 272 g/mol. The van der Waals surface area contributed by atoms with Gasteiger partial charge in [0.1, 0.15) is 5.66 Å². The summed E-state index contributed by atoms with van der Waals surface area (Å²) in [7, 11) is 0. The lowest BCUT2D eigenvalue weighted by Crippen LogP contribution is -2.60. The molecule has 1 atom stereocenters. The molecule has 1 amide bonds. The molecule has 0 saturated carbocycles. The second-order valence-electron chi connectivity index (χ2n) is 5.05. The van der Waals surface area contributed by atoms with Crippen LogP contribution in [0.5, 0.6) is 0 Å². The number of anilines is 2. The van der Waals surface area contributed by atoms with Gasteiger partial charge in [-0.15, -0.1) is 11.6 Å². The van der Waals surface area contributed by atoms with E-state index in [1.165, 1.54) is 0 Å². The highest BCUT2D eigenvalue weighted by atomic mass is 35.5.